The molecule has 0 bridgehead atoms. The predicted octanol–water partition coefficient (Wildman–Crippen LogP) is 4.31. The fourth-order valence-electron chi connectivity index (χ4n) is 3.14. The van der Waals surface area contributed by atoms with Crippen LogP contribution in [0, 0.1) is 0 Å². The normalized spacial score (nSPS) is 18.0. The van der Waals surface area contributed by atoms with Crippen molar-refractivity contribution in [1.82, 2.24) is 9.88 Å². The fourth-order valence-corrected chi connectivity index (χ4v) is 4.28. The summed E-state index contributed by atoms with van der Waals surface area (Å²) in [6.45, 7) is 2.47. The van der Waals surface area contributed by atoms with Gasteiger partial charge in [-0.2, -0.15) is 5.10 Å². The van der Waals surface area contributed by atoms with Crippen LogP contribution in [-0.2, 0) is 24.2 Å². The minimum absolute atomic E-state index is 0.0197. The average molecular weight is 419 g/mol. The molecule has 3 aromatic rings. The van der Waals surface area contributed by atoms with Gasteiger partial charge in [-0.25, -0.2) is 0 Å². The standard InChI is InChI=1S/C23H22N4O2S/c1-2-17-7-9-18(10-8-17)13-21-22(28)27(16-20-6-4-12-29-20)23(30-21)26-25-15-19-5-3-11-24-14-19/h3-12,14-15,21H,2,13,16H2,1H3/b25-15-,26-23-/t21-/m0/s1. The minimum atomic E-state index is -0.236. The Labute approximate surface area is 179 Å². The summed E-state index contributed by atoms with van der Waals surface area (Å²) in [6.07, 6.45) is 8.30. The predicted molar refractivity (Wildman–Crippen MR) is 119 cm³/mol. The first-order chi connectivity index (χ1) is 14.7. The zero-order valence-electron chi connectivity index (χ0n) is 16.6. The van der Waals surface area contributed by atoms with E-state index in [1.54, 1.807) is 29.8 Å². The van der Waals surface area contributed by atoms with Crippen LogP contribution >= 0.6 is 11.8 Å². The maximum Gasteiger partial charge on any atom is 0.242 e. The van der Waals surface area contributed by atoms with Crippen LogP contribution in [0.15, 0.2) is 81.8 Å². The van der Waals surface area contributed by atoms with Crippen LogP contribution in [0.25, 0.3) is 0 Å². The summed E-state index contributed by atoms with van der Waals surface area (Å²) in [5.74, 6) is 0.729. The van der Waals surface area contributed by atoms with Crippen molar-refractivity contribution in [2.45, 2.75) is 31.6 Å². The number of furan rings is 1. The van der Waals surface area contributed by atoms with Gasteiger partial charge in [0.2, 0.25) is 5.91 Å². The number of benzene rings is 1. The van der Waals surface area contributed by atoms with Crippen LogP contribution in [-0.4, -0.2) is 32.4 Å². The van der Waals surface area contributed by atoms with E-state index in [0.29, 0.717) is 23.9 Å². The van der Waals surface area contributed by atoms with E-state index in [-0.39, 0.29) is 11.2 Å². The molecule has 0 saturated carbocycles. The molecule has 4 rings (SSSR count). The van der Waals surface area contributed by atoms with Gasteiger partial charge in [0, 0.05) is 18.0 Å². The van der Waals surface area contributed by atoms with Gasteiger partial charge < -0.3 is 4.42 Å². The number of carbonyl (C=O) groups is 1. The van der Waals surface area contributed by atoms with Gasteiger partial charge in [-0.3, -0.25) is 14.7 Å². The first-order valence-corrected chi connectivity index (χ1v) is 10.7. The zero-order chi connectivity index (χ0) is 20.8. The van der Waals surface area contributed by atoms with Crippen LogP contribution in [0.3, 0.4) is 0 Å². The van der Waals surface area contributed by atoms with Gasteiger partial charge in [-0.05, 0) is 42.2 Å². The highest BCUT2D eigenvalue weighted by Crippen LogP contribution is 2.31. The van der Waals surface area contributed by atoms with Crippen LogP contribution < -0.4 is 0 Å². The molecule has 0 spiro atoms. The summed E-state index contributed by atoms with van der Waals surface area (Å²) in [6, 6.07) is 15.8. The molecule has 0 aliphatic carbocycles. The van der Waals surface area contributed by atoms with E-state index < -0.39 is 0 Å². The van der Waals surface area contributed by atoms with Gasteiger partial charge >= 0.3 is 0 Å². The number of hydrogen-bond acceptors (Lipinski definition) is 6. The number of hydrogen-bond donors (Lipinski definition) is 0. The molecular formula is C23H22N4O2S. The summed E-state index contributed by atoms with van der Waals surface area (Å²) in [4.78, 5) is 18.8. The van der Waals surface area contributed by atoms with E-state index in [9.17, 15) is 4.79 Å². The molecule has 1 saturated heterocycles. The smallest absolute Gasteiger partial charge is 0.242 e. The molecule has 2 aromatic heterocycles. The topological polar surface area (TPSA) is 71.1 Å². The highest BCUT2D eigenvalue weighted by atomic mass is 32.2. The third-order valence-electron chi connectivity index (χ3n) is 4.80. The Kier molecular flexibility index (Phi) is 6.39. The molecule has 0 unspecified atom stereocenters. The molecule has 1 aliphatic rings. The first kappa shape index (κ1) is 20.1. The van der Waals surface area contributed by atoms with Crippen molar-refractivity contribution >= 4 is 29.1 Å². The molecule has 6 nitrogen and oxygen atoms in total. The number of amides is 1. The number of thioether (sulfide) groups is 1. The van der Waals surface area contributed by atoms with Crippen molar-refractivity contribution in [2.24, 2.45) is 10.2 Å². The van der Waals surface area contributed by atoms with E-state index in [1.807, 2.05) is 24.3 Å². The highest BCUT2D eigenvalue weighted by molar-refractivity contribution is 8.15. The second-order valence-corrected chi connectivity index (χ2v) is 8.07. The maximum atomic E-state index is 13.1. The number of pyridine rings is 1. The molecule has 30 heavy (non-hydrogen) atoms. The molecule has 0 radical (unpaired) electrons. The molecule has 152 valence electrons. The summed E-state index contributed by atoms with van der Waals surface area (Å²) >= 11 is 1.44. The third kappa shape index (κ3) is 4.86. The number of amidine groups is 1. The lowest BCUT2D eigenvalue weighted by Crippen LogP contribution is -2.32. The highest BCUT2D eigenvalue weighted by Gasteiger charge is 2.38. The molecule has 3 heterocycles. The Bertz CT molecular complexity index is 1030. The van der Waals surface area contributed by atoms with Crippen molar-refractivity contribution in [2.75, 3.05) is 0 Å². The van der Waals surface area contributed by atoms with Crippen molar-refractivity contribution < 1.29 is 9.21 Å². The molecule has 0 N–H and O–H groups in total. The van der Waals surface area contributed by atoms with E-state index in [1.165, 1.54) is 17.3 Å². The third-order valence-corrected chi connectivity index (χ3v) is 5.97. The average Bonchev–Trinajstić information content (AvgIpc) is 3.39. The molecule has 1 aromatic carbocycles. The summed E-state index contributed by atoms with van der Waals surface area (Å²) in [5, 5.41) is 8.85. The number of aromatic nitrogens is 1. The van der Waals surface area contributed by atoms with E-state index in [2.05, 4.69) is 46.4 Å². The van der Waals surface area contributed by atoms with Crippen LogP contribution in [0.2, 0.25) is 0 Å². The largest absolute Gasteiger partial charge is 0.467 e. The number of nitrogens with zero attached hydrogens (tertiary/aromatic N) is 4. The fraction of sp³-hybridized carbons (Fsp3) is 0.217. The number of aryl methyl sites for hydroxylation is 1. The quantitative estimate of drug-likeness (QED) is 0.423. The van der Waals surface area contributed by atoms with Gasteiger partial charge in [-0.1, -0.05) is 49.0 Å². The lowest BCUT2D eigenvalue weighted by Gasteiger charge is -2.14. The van der Waals surface area contributed by atoms with Crippen molar-refractivity contribution in [3.8, 4) is 0 Å². The van der Waals surface area contributed by atoms with Crippen LogP contribution in [0.5, 0.6) is 0 Å². The zero-order valence-corrected chi connectivity index (χ0v) is 17.5. The van der Waals surface area contributed by atoms with Crippen molar-refractivity contribution in [3.63, 3.8) is 0 Å². The molecular weight excluding hydrogens is 396 g/mol. The lowest BCUT2D eigenvalue weighted by molar-refractivity contribution is -0.126. The summed E-state index contributed by atoms with van der Waals surface area (Å²) in [7, 11) is 0. The van der Waals surface area contributed by atoms with Gasteiger partial charge in [0.1, 0.15) is 5.76 Å². The second-order valence-electron chi connectivity index (χ2n) is 6.90. The SMILES string of the molecule is CCc1ccc(C[C@@H]2S/C(=N\N=C/c3cccnc3)N(Cc3ccco3)C2=O)cc1. The van der Waals surface area contributed by atoms with Gasteiger partial charge in [0.05, 0.1) is 24.3 Å². The Balaban J connectivity index is 1.53. The number of rotatable bonds is 7. The Morgan fingerprint density at radius 1 is 1.17 bits per heavy atom. The maximum absolute atomic E-state index is 13.1. The monoisotopic (exact) mass is 418 g/mol. The van der Waals surface area contributed by atoms with Crippen LogP contribution in [0.1, 0.15) is 29.4 Å². The van der Waals surface area contributed by atoms with E-state index in [4.69, 9.17) is 4.42 Å². The minimum Gasteiger partial charge on any atom is -0.467 e. The Hall–Kier alpha value is -3.19. The van der Waals surface area contributed by atoms with Gasteiger partial charge in [0.15, 0.2) is 5.17 Å². The molecule has 1 aliphatic heterocycles. The molecule has 1 amide bonds. The van der Waals surface area contributed by atoms with Crippen molar-refractivity contribution in [1.29, 1.82) is 0 Å². The second kappa shape index (κ2) is 9.54. The number of carbonyl (C=O) groups excluding carboxylic acids is 1. The molecule has 1 atom stereocenters. The van der Waals surface area contributed by atoms with E-state index in [0.717, 1.165) is 17.5 Å². The Morgan fingerprint density at radius 2 is 2.00 bits per heavy atom. The summed E-state index contributed by atoms with van der Waals surface area (Å²) < 4.78 is 5.44. The summed E-state index contributed by atoms with van der Waals surface area (Å²) in [5.41, 5.74) is 3.27. The van der Waals surface area contributed by atoms with E-state index >= 15 is 0 Å². The molecule has 1 fully saturated rings. The molecule has 7 heteroatoms. The van der Waals surface area contributed by atoms with Gasteiger partial charge in [0.25, 0.3) is 0 Å². The lowest BCUT2D eigenvalue weighted by atomic mass is 10.1. The Morgan fingerprint density at radius 3 is 2.70 bits per heavy atom. The van der Waals surface area contributed by atoms with Crippen LogP contribution in [0.4, 0.5) is 0 Å². The van der Waals surface area contributed by atoms with Crippen molar-refractivity contribution in [3.05, 3.63) is 89.6 Å². The first-order valence-electron chi connectivity index (χ1n) is 9.82. The van der Waals surface area contributed by atoms with Gasteiger partial charge in [-0.15, -0.1) is 5.10 Å².